The molecule has 0 bridgehead atoms. The molecule has 0 atom stereocenters. The molecule has 0 aliphatic heterocycles. The zero-order valence-corrected chi connectivity index (χ0v) is 10.4. The summed E-state index contributed by atoms with van der Waals surface area (Å²) in [5.41, 5.74) is -0.561. The lowest BCUT2D eigenvalue weighted by Crippen LogP contribution is -2.30. The number of nitro benzene ring substituents is 1. The van der Waals surface area contributed by atoms with Gasteiger partial charge < -0.3 is 0 Å². The van der Waals surface area contributed by atoms with Crippen LogP contribution in [0.25, 0.3) is 0 Å². The van der Waals surface area contributed by atoms with E-state index in [1.807, 2.05) is 0 Å². The molecule has 0 radical (unpaired) electrons. The first-order valence-electron chi connectivity index (χ1n) is 5.17. The second-order valence-corrected chi connectivity index (χ2v) is 5.15. The molecule has 18 heavy (non-hydrogen) atoms. The van der Waals surface area contributed by atoms with Crippen molar-refractivity contribution in [3.63, 3.8) is 0 Å². The van der Waals surface area contributed by atoms with Crippen LogP contribution >= 0.6 is 0 Å². The predicted molar refractivity (Wildman–Crippen MR) is 63.3 cm³/mol. The van der Waals surface area contributed by atoms with Crippen LogP contribution in [0, 0.1) is 10.1 Å². The van der Waals surface area contributed by atoms with E-state index in [1.165, 1.54) is 12.1 Å². The predicted octanol–water partition coefficient (Wildman–Crippen LogP) is 1.20. The van der Waals surface area contributed by atoms with Crippen molar-refractivity contribution in [3.05, 3.63) is 34.4 Å². The van der Waals surface area contributed by atoms with Gasteiger partial charge in [-0.3, -0.25) is 14.9 Å². The Hall–Kier alpha value is -1.96. The minimum absolute atomic E-state index is 0.0415. The van der Waals surface area contributed by atoms with Gasteiger partial charge in [0.2, 0.25) is 5.91 Å². The SMILES string of the molecule is CCCC(=O)NS(=O)(=O)c1ccccc1[N+](=O)[O-]. The first kappa shape index (κ1) is 14.1. The Kier molecular flexibility index (Phi) is 4.38. The summed E-state index contributed by atoms with van der Waals surface area (Å²) in [5, 5.41) is 10.7. The van der Waals surface area contributed by atoms with Crippen molar-refractivity contribution in [2.45, 2.75) is 24.7 Å². The van der Waals surface area contributed by atoms with Crippen LogP contribution in [0.3, 0.4) is 0 Å². The molecule has 1 amide bonds. The molecule has 0 saturated heterocycles. The van der Waals surface area contributed by atoms with Gasteiger partial charge in [-0.25, -0.2) is 13.1 Å². The van der Waals surface area contributed by atoms with E-state index in [2.05, 4.69) is 0 Å². The number of sulfonamides is 1. The lowest BCUT2D eigenvalue weighted by Gasteiger charge is -2.06. The molecular formula is C10H12N2O5S. The van der Waals surface area contributed by atoms with E-state index in [9.17, 15) is 23.3 Å². The molecule has 0 spiro atoms. The van der Waals surface area contributed by atoms with Crippen molar-refractivity contribution in [2.24, 2.45) is 0 Å². The number of hydrogen-bond acceptors (Lipinski definition) is 5. The van der Waals surface area contributed by atoms with Gasteiger partial charge in [0, 0.05) is 12.5 Å². The third kappa shape index (κ3) is 3.27. The van der Waals surface area contributed by atoms with Crippen LogP contribution in [0.2, 0.25) is 0 Å². The second-order valence-electron chi connectivity index (χ2n) is 3.50. The summed E-state index contributed by atoms with van der Waals surface area (Å²) >= 11 is 0. The van der Waals surface area contributed by atoms with Gasteiger partial charge in [-0.2, -0.15) is 0 Å². The maximum atomic E-state index is 11.8. The van der Waals surface area contributed by atoms with Crippen LogP contribution in [0.15, 0.2) is 29.2 Å². The van der Waals surface area contributed by atoms with Crippen molar-refractivity contribution < 1.29 is 18.1 Å². The average Bonchev–Trinajstić information content (AvgIpc) is 2.28. The lowest BCUT2D eigenvalue weighted by molar-refractivity contribution is -0.387. The second kappa shape index (κ2) is 5.58. The highest BCUT2D eigenvalue weighted by Gasteiger charge is 2.26. The van der Waals surface area contributed by atoms with Crippen molar-refractivity contribution in [1.82, 2.24) is 4.72 Å². The lowest BCUT2D eigenvalue weighted by atomic mass is 10.3. The molecule has 0 aromatic heterocycles. The third-order valence-electron chi connectivity index (χ3n) is 2.08. The highest BCUT2D eigenvalue weighted by molar-refractivity contribution is 7.90. The Morgan fingerprint density at radius 2 is 2.00 bits per heavy atom. The smallest absolute Gasteiger partial charge is 0.274 e. The minimum Gasteiger partial charge on any atom is -0.274 e. The van der Waals surface area contributed by atoms with Crippen LogP contribution in [0.1, 0.15) is 19.8 Å². The average molecular weight is 272 g/mol. The minimum atomic E-state index is -4.20. The van der Waals surface area contributed by atoms with Crippen molar-refractivity contribution in [3.8, 4) is 0 Å². The van der Waals surface area contributed by atoms with Crippen LogP contribution < -0.4 is 4.72 Å². The highest BCUT2D eigenvalue weighted by atomic mass is 32.2. The Labute approximate surface area is 104 Å². The fraction of sp³-hybridized carbons (Fsp3) is 0.300. The summed E-state index contributed by atoms with van der Waals surface area (Å²) in [6.07, 6.45) is 0.526. The zero-order chi connectivity index (χ0) is 13.8. The number of nitrogens with zero attached hydrogens (tertiary/aromatic N) is 1. The van der Waals surface area contributed by atoms with E-state index in [1.54, 1.807) is 11.6 Å². The van der Waals surface area contributed by atoms with Crippen LogP contribution in [0.4, 0.5) is 5.69 Å². The number of nitrogens with one attached hydrogen (secondary N) is 1. The van der Waals surface area contributed by atoms with Gasteiger partial charge in [-0.1, -0.05) is 19.1 Å². The molecule has 0 aliphatic rings. The fourth-order valence-electron chi connectivity index (χ4n) is 1.32. The van der Waals surface area contributed by atoms with Gasteiger partial charge in [0.1, 0.15) is 0 Å². The monoisotopic (exact) mass is 272 g/mol. The fourth-order valence-corrected chi connectivity index (χ4v) is 2.51. The number of carbonyl (C=O) groups excluding carboxylic acids is 1. The van der Waals surface area contributed by atoms with Crippen LogP contribution in [-0.4, -0.2) is 19.2 Å². The Morgan fingerprint density at radius 1 is 1.39 bits per heavy atom. The van der Waals surface area contributed by atoms with Crippen molar-refractivity contribution in [2.75, 3.05) is 0 Å². The van der Waals surface area contributed by atoms with Crippen LogP contribution in [0.5, 0.6) is 0 Å². The number of carbonyl (C=O) groups is 1. The number of nitro groups is 1. The molecule has 98 valence electrons. The summed E-state index contributed by atoms with van der Waals surface area (Å²) in [7, 11) is -4.20. The maximum Gasteiger partial charge on any atom is 0.289 e. The molecule has 0 saturated carbocycles. The molecule has 0 aliphatic carbocycles. The standard InChI is InChI=1S/C10H12N2O5S/c1-2-5-10(13)11-18(16,17)9-7-4-3-6-8(9)12(14)15/h3-4,6-7H,2,5H2,1H3,(H,11,13). The summed E-state index contributed by atoms with van der Waals surface area (Å²) in [5.74, 6) is -0.685. The maximum absolute atomic E-state index is 11.8. The van der Waals surface area contributed by atoms with Crippen molar-refractivity contribution in [1.29, 1.82) is 0 Å². The number of rotatable bonds is 5. The van der Waals surface area contributed by atoms with E-state index >= 15 is 0 Å². The van der Waals surface area contributed by atoms with E-state index in [0.717, 1.165) is 12.1 Å². The summed E-state index contributed by atoms with van der Waals surface area (Å²) in [6.45, 7) is 1.72. The molecule has 1 aromatic rings. The topological polar surface area (TPSA) is 106 Å². The molecule has 1 N–H and O–H groups in total. The number of para-hydroxylation sites is 1. The molecule has 0 unspecified atom stereocenters. The van der Waals surface area contributed by atoms with Crippen LogP contribution in [-0.2, 0) is 14.8 Å². The number of amides is 1. The Bertz CT molecular complexity index is 567. The Balaban J connectivity index is 3.13. The van der Waals surface area contributed by atoms with Gasteiger partial charge in [-0.15, -0.1) is 0 Å². The zero-order valence-electron chi connectivity index (χ0n) is 9.62. The molecule has 8 heteroatoms. The quantitative estimate of drug-likeness (QED) is 0.640. The summed E-state index contributed by atoms with van der Waals surface area (Å²) < 4.78 is 25.4. The summed E-state index contributed by atoms with van der Waals surface area (Å²) in [4.78, 5) is 20.6. The molecular weight excluding hydrogens is 260 g/mol. The third-order valence-corrected chi connectivity index (χ3v) is 3.50. The molecule has 7 nitrogen and oxygen atoms in total. The summed E-state index contributed by atoms with van der Waals surface area (Å²) in [6, 6.07) is 4.86. The molecule has 1 aromatic carbocycles. The largest absolute Gasteiger partial charge is 0.289 e. The van der Waals surface area contributed by atoms with E-state index < -0.39 is 31.4 Å². The van der Waals surface area contributed by atoms with E-state index in [0.29, 0.717) is 6.42 Å². The number of benzene rings is 1. The first-order chi connectivity index (χ1) is 8.38. The van der Waals surface area contributed by atoms with E-state index in [-0.39, 0.29) is 6.42 Å². The van der Waals surface area contributed by atoms with Gasteiger partial charge >= 0.3 is 0 Å². The molecule has 0 heterocycles. The normalized spacial score (nSPS) is 10.9. The van der Waals surface area contributed by atoms with E-state index in [4.69, 9.17) is 0 Å². The van der Waals surface area contributed by atoms with Gasteiger partial charge in [-0.05, 0) is 12.5 Å². The van der Waals surface area contributed by atoms with Gasteiger partial charge in [0.05, 0.1) is 4.92 Å². The Morgan fingerprint density at radius 3 is 2.56 bits per heavy atom. The first-order valence-corrected chi connectivity index (χ1v) is 6.66. The number of hydrogen-bond donors (Lipinski definition) is 1. The van der Waals surface area contributed by atoms with Crippen molar-refractivity contribution >= 4 is 21.6 Å². The van der Waals surface area contributed by atoms with Gasteiger partial charge in [0.15, 0.2) is 4.90 Å². The highest BCUT2D eigenvalue weighted by Crippen LogP contribution is 2.22. The molecule has 0 fully saturated rings. The molecule has 1 rings (SSSR count). The van der Waals surface area contributed by atoms with Gasteiger partial charge in [0.25, 0.3) is 15.7 Å².